The minimum atomic E-state index is -0.345. The molecule has 0 aliphatic carbocycles. The van der Waals surface area contributed by atoms with Crippen molar-refractivity contribution in [3.8, 4) is 0 Å². The van der Waals surface area contributed by atoms with E-state index in [1.807, 2.05) is 0 Å². The summed E-state index contributed by atoms with van der Waals surface area (Å²) in [5.41, 5.74) is 0. The SMILES string of the molecule is CCC(=O)C(C)=O.CCC(=O)C(C)=O.[Mn]. The van der Waals surface area contributed by atoms with E-state index >= 15 is 0 Å². The predicted molar refractivity (Wildman–Crippen MR) is 52.0 cm³/mol. The monoisotopic (exact) mass is 255 g/mol. The first kappa shape index (κ1) is 19.7. The van der Waals surface area contributed by atoms with Crippen molar-refractivity contribution < 1.29 is 36.2 Å². The second kappa shape index (κ2) is 11.3. The molecule has 0 saturated heterocycles. The molecule has 4 nitrogen and oxygen atoms in total. The van der Waals surface area contributed by atoms with Crippen LogP contribution in [0.15, 0.2) is 0 Å². The Hall–Kier alpha value is -0.801. The molecule has 0 aromatic heterocycles. The van der Waals surface area contributed by atoms with E-state index in [2.05, 4.69) is 0 Å². The van der Waals surface area contributed by atoms with Gasteiger partial charge in [0.15, 0.2) is 23.1 Å². The van der Waals surface area contributed by atoms with E-state index in [9.17, 15) is 19.2 Å². The summed E-state index contributed by atoms with van der Waals surface area (Å²) in [5.74, 6) is -1.27. The van der Waals surface area contributed by atoms with Gasteiger partial charge in [-0.1, -0.05) is 13.8 Å². The van der Waals surface area contributed by atoms with Crippen LogP contribution in [-0.2, 0) is 36.2 Å². The Morgan fingerprint density at radius 3 is 0.933 bits per heavy atom. The van der Waals surface area contributed by atoms with E-state index in [0.717, 1.165) is 0 Å². The van der Waals surface area contributed by atoms with Gasteiger partial charge in [0.05, 0.1) is 0 Å². The maximum atomic E-state index is 10.2. The summed E-state index contributed by atoms with van der Waals surface area (Å²) in [5, 5.41) is 0. The van der Waals surface area contributed by atoms with Crippen molar-refractivity contribution in [2.24, 2.45) is 0 Å². The maximum absolute atomic E-state index is 10.2. The van der Waals surface area contributed by atoms with Gasteiger partial charge >= 0.3 is 0 Å². The van der Waals surface area contributed by atoms with Crippen LogP contribution in [0.4, 0.5) is 0 Å². The van der Waals surface area contributed by atoms with Crippen molar-refractivity contribution in [3.63, 3.8) is 0 Å². The quantitative estimate of drug-likeness (QED) is 0.557. The molecule has 0 aromatic carbocycles. The summed E-state index contributed by atoms with van der Waals surface area (Å²) < 4.78 is 0. The van der Waals surface area contributed by atoms with Gasteiger partial charge in [0.2, 0.25) is 0 Å². The third-order valence-corrected chi connectivity index (χ3v) is 1.43. The average Bonchev–Trinajstić information content (AvgIpc) is 2.15. The van der Waals surface area contributed by atoms with E-state index in [4.69, 9.17) is 0 Å². The predicted octanol–water partition coefficient (Wildman–Crippen LogP) is 1.11. The fourth-order valence-electron chi connectivity index (χ4n) is 0.498. The molecular formula is C10H16MnO4. The smallest absolute Gasteiger partial charge is 0.197 e. The molecule has 0 aromatic rings. The van der Waals surface area contributed by atoms with Crippen LogP contribution in [0.5, 0.6) is 0 Å². The molecule has 5 heteroatoms. The molecule has 0 aliphatic heterocycles. The van der Waals surface area contributed by atoms with E-state index in [1.54, 1.807) is 13.8 Å². The van der Waals surface area contributed by atoms with Crippen molar-refractivity contribution in [2.75, 3.05) is 0 Å². The van der Waals surface area contributed by atoms with Gasteiger partial charge in [-0.2, -0.15) is 0 Å². The molecule has 87 valence electrons. The minimum absolute atomic E-state index is 0. The third-order valence-electron chi connectivity index (χ3n) is 1.43. The van der Waals surface area contributed by atoms with Gasteiger partial charge in [-0.05, 0) is 0 Å². The molecule has 0 amide bonds. The topological polar surface area (TPSA) is 68.3 Å². The molecular weight excluding hydrogens is 239 g/mol. The van der Waals surface area contributed by atoms with Crippen molar-refractivity contribution in [2.45, 2.75) is 40.5 Å². The van der Waals surface area contributed by atoms with Crippen molar-refractivity contribution >= 4 is 23.1 Å². The van der Waals surface area contributed by atoms with Crippen LogP contribution in [0.25, 0.3) is 0 Å². The molecule has 0 bridgehead atoms. The fraction of sp³-hybridized carbons (Fsp3) is 0.600. The Labute approximate surface area is 100 Å². The molecule has 1 radical (unpaired) electrons. The van der Waals surface area contributed by atoms with Gasteiger partial charge in [0, 0.05) is 43.8 Å². The van der Waals surface area contributed by atoms with Crippen LogP contribution in [0.1, 0.15) is 40.5 Å². The molecule has 0 spiro atoms. The molecule has 0 N–H and O–H groups in total. The van der Waals surface area contributed by atoms with Gasteiger partial charge in [-0.15, -0.1) is 0 Å². The van der Waals surface area contributed by atoms with Gasteiger partial charge in [-0.25, -0.2) is 0 Å². The molecule has 0 atom stereocenters. The number of hydrogen-bond donors (Lipinski definition) is 0. The summed E-state index contributed by atoms with van der Waals surface area (Å²) in [4.78, 5) is 40.4. The zero-order valence-electron chi connectivity index (χ0n) is 9.43. The van der Waals surface area contributed by atoms with Crippen LogP contribution in [0.2, 0.25) is 0 Å². The summed E-state index contributed by atoms with van der Waals surface area (Å²) >= 11 is 0. The van der Waals surface area contributed by atoms with Crippen LogP contribution in [0.3, 0.4) is 0 Å². The summed E-state index contributed by atoms with van der Waals surface area (Å²) in [6.45, 7) is 5.91. The van der Waals surface area contributed by atoms with Crippen molar-refractivity contribution in [1.82, 2.24) is 0 Å². The Balaban J connectivity index is -0.000000180. The van der Waals surface area contributed by atoms with E-state index in [-0.39, 0.29) is 40.2 Å². The Morgan fingerprint density at radius 1 is 0.733 bits per heavy atom. The number of ketones is 4. The van der Waals surface area contributed by atoms with Crippen LogP contribution >= 0.6 is 0 Å². The fourth-order valence-corrected chi connectivity index (χ4v) is 0.498. The number of carbonyl (C=O) groups excluding carboxylic acids is 4. The number of hydrogen-bond acceptors (Lipinski definition) is 4. The summed E-state index contributed by atoms with van der Waals surface area (Å²) in [7, 11) is 0. The molecule has 0 aliphatic rings. The van der Waals surface area contributed by atoms with E-state index < -0.39 is 0 Å². The Bertz CT molecular complexity index is 220. The average molecular weight is 255 g/mol. The maximum Gasteiger partial charge on any atom is 0.197 e. The van der Waals surface area contributed by atoms with Gasteiger partial charge in [0.1, 0.15) is 0 Å². The zero-order valence-corrected chi connectivity index (χ0v) is 10.6. The molecule has 0 saturated carbocycles. The second-order valence-electron chi connectivity index (χ2n) is 2.67. The Morgan fingerprint density at radius 2 is 0.933 bits per heavy atom. The Kier molecular flexibility index (Phi) is 14.8. The summed E-state index contributed by atoms with van der Waals surface area (Å²) in [6, 6.07) is 0. The first-order valence-corrected chi connectivity index (χ1v) is 4.44. The minimum Gasteiger partial charge on any atom is -0.291 e. The normalized spacial score (nSPS) is 7.73. The standard InChI is InChI=1S/2C5H8O2.Mn/c2*1-3-5(7)4(2)6;/h2*3H2,1-2H3;. The molecule has 0 unspecified atom stereocenters. The van der Waals surface area contributed by atoms with Gasteiger partial charge < -0.3 is 0 Å². The summed E-state index contributed by atoms with van der Waals surface area (Å²) in [6.07, 6.45) is 0.657. The van der Waals surface area contributed by atoms with Crippen LogP contribution < -0.4 is 0 Å². The second-order valence-corrected chi connectivity index (χ2v) is 2.67. The molecule has 15 heavy (non-hydrogen) atoms. The number of carbonyl (C=O) groups is 4. The van der Waals surface area contributed by atoms with Gasteiger partial charge in [0.25, 0.3) is 0 Å². The largest absolute Gasteiger partial charge is 0.291 e. The molecule has 0 heterocycles. The third kappa shape index (κ3) is 13.2. The molecule has 0 fully saturated rings. The van der Waals surface area contributed by atoms with Gasteiger partial charge in [-0.3, -0.25) is 19.2 Å². The van der Waals surface area contributed by atoms with Crippen molar-refractivity contribution in [3.05, 3.63) is 0 Å². The first-order chi connectivity index (χ1) is 6.36. The molecule has 0 rings (SSSR count). The van der Waals surface area contributed by atoms with Crippen molar-refractivity contribution in [1.29, 1.82) is 0 Å². The number of rotatable bonds is 4. The van der Waals surface area contributed by atoms with E-state index in [0.29, 0.717) is 12.8 Å². The number of Topliss-reactive ketones (excluding diaryl/α,β-unsaturated/α-hetero) is 4. The first-order valence-electron chi connectivity index (χ1n) is 4.44. The van der Waals surface area contributed by atoms with Crippen LogP contribution in [-0.4, -0.2) is 23.1 Å². The van der Waals surface area contributed by atoms with E-state index in [1.165, 1.54) is 13.8 Å². The van der Waals surface area contributed by atoms with Crippen LogP contribution in [0, 0.1) is 0 Å². The zero-order chi connectivity index (χ0) is 11.7.